The summed E-state index contributed by atoms with van der Waals surface area (Å²) in [5.74, 6) is 0.440. The quantitative estimate of drug-likeness (QED) is 0.805. The molecule has 1 aromatic carbocycles. The van der Waals surface area contributed by atoms with Gasteiger partial charge in [0.15, 0.2) is 11.0 Å². The first-order valence-electron chi connectivity index (χ1n) is 6.54. The lowest BCUT2D eigenvalue weighted by Gasteiger charge is -2.04. The number of hydrogen-bond donors (Lipinski definition) is 1. The summed E-state index contributed by atoms with van der Waals surface area (Å²) in [6.07, 6.45) is 2.08. The number of halogens is 1. The van der Waals surface area contributed by atoms with E-state index in [0.717, 1.165) is 10.9 Å². The van der Waals surface area contributed by atoms with Crippen LogP contribution in [0.1, 0.15) is 6.42 Å². The van der Waals surface area contributed by atoms with Crippen LogP contribution in [0.2, 0.25) is 5.15 Å². The third-order valence-corrected chi connectivity index (χ3v) is 3.42. The van der Waals surface area contributed by atoms with E-state index in [1.165, 1.54) is 0 Å². The molecule has 21 heavy (non-hydrogen) atoms. The minimum Gasteiger partial charge on any atom is -0.309 e. The van der Waals surface area contributed by atoms with Gasteiger partial charge in [0.2, 0.25) is 5.91 Å². The molecular formula is C14H14ClN5O. The van der Waals surface area contributed by atoms with Crippen molar-refractivity contribution < 1.29 is 4.79 Å². The number of carbonyl (C=O) groups excluding carboxylic acids is 1. The van der Waals surface area contributed by atoms with Gasteiger partial charge in [0.25, 0.3) is 0 Å². The number of para-hydroxylation sites is 1. The molecule has 0 radical (unpaired) electrons. The van der Waals surface area contributed by atoms with Gasteiger partial charge in [-0.15, -0.1) is 0 Å². The van der Waals surface area contributed by atoms with E-state index in [2.05, 4.69) is 15.5 Å². The van der Waals surface area contributed by atoms with Crippen LogP contribution in [0.3, 0.4) is 0 Å². The number of nitrogens with zero attached hydrogens (tertiary/aromatic N) is 4. The van der Waals surface area contributed by atoms with Crippen LogP contribution in [0.4, 0.5) is 5.82 Å². The van der Waals surface area contributed by atoms with Crippen LogP contribution in [0.15, 0.2) is 36.5 Å². The molecule has 1 amide bonds. The van der Waals surface area contributed by atoms with Crippen molar-refractivity contribution in [3.8, 4) is 0 Å². The molecule has 0 aliphatic carbocycles. The lowest BCUT2D eigenvalue weighted by molar-refractivity contribution is -0.116. The number of benzene rings is 1. The molecule has 3 rings (SSSR count). The predicted octanol–water partition coefficient (Wildman–Crippen LogP) is 2.45. The van der Waals surface area contributed by atoms with Gasteiger partial charge in [0.05, 0.1) is 12.1 Å². The normalized spacial score (nSPS) is 11.0. The smallest absolute Gasteiger partial charge is 0.227 e. The van der Waals surface area contributed by atoms with E-state index in [-0.39, 0.29) is 5.91 Å². The van der Waals surface area contributed by atoms with Crippen molar-refractivity contribution in [3.05, 3.63) is 41.7 Å². The molecule has 108 valence electrons. The Morgan fingerprint density at radius 1 is 1.29 bits per heavy atom. The average molecular weight is 304 g/mol. The van der Waals surface area contributed by atoms with Crippen molar-refractivity contribution in [3.63, 3.8) is 0 Å². The van der Waals surface area contributed by atoms with Crippen molar-refractivity contribution >= 4 is 34.2 Å². The molecule has 0 aliphatic rings. The zero-order valence-electron chi connectivity index (χ0n) is 11.5. The second-order valence-corrected chi connectivity index (χ2v) is 5.06. The summed E-state index contributed by atoms with van der Waals surface area (Å²) < 4.78 is 3.38. The van der Waals surface area contributed by atoms with Crippen molar-refractivity contribution in [1.29, 1.82) is 0 Å². The molecule has 0 spiro atoms. The first-order valence-corrected chi connectivity index (χ1v) is 6.92. The number of amides is 1. The molecule has 0 saturated heterocycles. The highest BCUT2D eigenvalue weighted by atomic mass is 35.5. The fourth-order valence-electron chi connectivity index (χ4n) is 2.15. The highest BCUT2D eigenvalue weighted by Gasteiger charge is 2.10. The fraction of sp³-hybridized carbons (Fsp3) is 0.214. The molecule has 7 heteroatoms. The Labute approximate surface area is 126 Å². The number of fused-ring (bicyclic) bond motifs is 1. The van der Waals surface area contributed by atoms with Gasteiger partial charge < -0.3 is 5.32 Å². The van der Waals surface area contributed by atoms with E-state index in [1.807, 2.05) is 24.3 Å². The Morgan fingerprint density at radius 2 is 2.10 bits per heavy atom. The maximum absolute atomic E-state index is 11.9. The third-order valence-electron chi connectivity index (χ3n) is 3.14. The monoisotopic (exact) mass is 303 g/mol. The predicted molar refractivity (Wildman–Crippen MR) is 81.2 cm³/mol. The van der Waals surface area contributed by atoms with E-state index in [9.17, 15) is 4.79 Å². The van der Waals surface area contributed by atoms with E-state index in [4.69, 9.17) is 11.6 Å². The molecule has 0 atom stereocenters. The van der Waals surface area contributed by atoms with Crippen LogP contribution >= 0.6 is 11.6 Å². The van der Waals surface area contributed by atoms with Crippen molar-refractivity contribution in [2.24, 2.45) is 7.05 Å². The van der Waals surface area contributed by atoms with Crippen LogP contribution < -0.4 is 5.32 Å². The summed E-state index contributed by atoms with van der Waals surface area (Å²) >= 11 is 6.08. The first kappa shape index (κ1) is 13.6. The Bertz CT molecular complexity index is 792. The van der Waals surface area contributed by atoms with Gasteiger partial charge in [-0.25, -0.2) is 0 Å². The second kappa shape index (κ2) is 5.57. The van der Waals surface area contributed by atoms with Gasteiger partial charge in [-0.2, -0.15) is 10.2 Å². The summed E-state index contributed by atoms with van der Waals surface area (Å²) in [6, 6.07) is 9.43. The zero-order valence-corrected chi connectivity index (χ0v) is 12.2. The van der Waals surface area contributed by atoms with Gasteiger partial charge in [0.1, 0.15) is 0 Å². The summed E-state index contributed by atoms with van der Waals surface area (Å²) in [6.45, 7) is 0.464. The number of nitrogens with one attached hydrogen (secondary N) is 1. The largest absolute Gasteiger partial charge is 0.309 e. The van der Waals surface area contributed by atoms with Crippen molar-refractivity contribution in [2.75, 3.05) is 5.32 Å². The Balaban J connectivity index is 1.67. The van der Waals surface area contributed by atoms with E-state index in [1.54, 1.807) is 28.7 Å². The van der Waals surface area contributed by atoms with Gasteiger partial charge in [0, 0.05) is 31.1 Å². The lowest BCUT2D eigenvalue weighted by atomic mass is 10.2. The van der Waals surface area contributed by atoms with Crippen molar-refractivity contribution in [2.45, 2.75) is 13.0 Å². The first-order chi connectivity index (χ1) is 10.1. The lowest BCUT2D eigenvalue weighted by Crippen LogP contribution is -2.15. The number of aryl methyl sites for hydroxylation is 2. The van der Waals surface area contributed by atoms with Crippen LogP contribution in [-0.4, -0.2) is 25.5 Å². The summed E-state index contributed by atoms with van der Waals surface area (Å²) in [4.78, 5) is 11.9. The summed E-state index contributed by atoms with van der Waals surface area (Å²) in [5.41, 5.74) is 0.924. The molecule has 3 aromatic rings. The van der Waals surface area contributed by atoms with Crippen LogP contribution in [0.5, 0.6) is 0 Å². The molecule has 6 nitrogen and oxygen atoms in total. The number of carbonyl (C=O) groups is 1. The topological polar surface area (TPSA) is 64.7 Å². The van der Waals surface area contributed by atoms with Gasteiger partial charge >= 0.3 is 0 Å². The molecular weight excluding hydrogens is 290 g/mol. The molecule has 2 aromatic heterocycles. The molecule has 0 fully saturated rings. The minimum absolute atomic E-state index is 0.107. The number of aromatic nitrogens is 4. The SMILES string of the molecule is Cn1ccc(NC(=O)CCn2nc(Cl)c3ccccc32)n1. The standard InChI is InChI=1S/C14H14ClN5O/c1-19-8-6-12(17-19)16-13(21)7-9-20-11-5-3-2-4-10(11)14(15)18-20/h2-6,8H,7,9H2,1H3,(H,16,17,21). The minimum atomic E-state index is -0.107. The zero-order chi connectivity index (χ0) is 14.8. The van der Waals surface area contributed by atoms with Crippen molar-refractivity contribution in [1.82, 2.24) is 19.6 Å². The van der Waals surface area contributed by atoms with Crippen LogP contribution in [0.25, 0.3) is 10.9 Å². The average Bonchev–Trinajstić information content (AvgIpc) is 3.01. The van der Waals surface area contributed by atoms with Gasteiger partial charge in [-0.1, -0.05) is 23.7 Å². The maximum Gasteiger partial charge on any atom is 0.227 e. The molecule has 0 bridgehead atoms. The second-order valence-electron chi connectivity index (χ2n) is 4.70. The molecule has 0 saturated carbocycles. The van der Waals surface area contributed by atoms with Crippen LogP contribution in [0, 0.1) is 0 Å². The highest BCUT2D eigenvalue weighted by molar-refractivity contribution is 6.34. The fourth-order valence-corrected chi connectivity index (χ4v) is 2.40. The number of anilines is 1. The Kier molecular flexibility index (Phi) is 3.62. The summed E-state index contributed by atoms with van der Waals surface area (Å²) in [5, 5.41) is 12.4. The molecule has 2 heterocycles. The molecule has 0 aliphatic heterocycles. The van der Waals surface area contributed by atoms with E-state index in [0.29, 0.717) is 23.9 Å². The van der Waals surface area contributed by atoms with E-state index >= 15 is 0 Å². The Hall–Kier alpha value is -2.34. The molecule has 0 unspecified atom stereocenters. The van der Waals surface area contributed by atoms with Gasteiger partial charge in [-0.3, -0.25) is 14.2 Å². The number of rotatable bonds is 4. The van der Waals surface area contributed by atoms with E-state index < -0.39 is 0 Å². The Morgan fingerprint density at radius 3 is 2.86 bits per heavy atom. The van der Waals surface area contributed by atoms with Crippen LogP contribution in [-0.2, 0) is 18.4 Å². The molecule has 1 N–H and O–H groups in total. The van der Waals surface area contributed by atoms with Gasteiger partial charge in [-0.05, 0) is 12.1 Å². The summed E-state index contributed by atoms with van der Waals surface area (Å²) in [7, 11) is 1.80. The third kappa shape index (κ3) is 2.90. The number of hydrogen-bond acceptors (Lipinski definition) is 3. The highest BCUT2D eigenvalue weighted by Crippen LogP contribution is 2.22. The maximum atomic E-state index is 11.9.